The van der Waals surface area contributed by atoms with Gasteiger partial charge < -0.3 is 14.5 Å². The summed E-state index contributed by atoms with van der Waals surface area (Å²) in [5, 5.41) is 0. The van der Waals surface area contributed by atoms with Crippen molar-refractivity contribution in [2.75, 3.05) is 14.2 Å². The Balaban J connectivity index is 2.15. The van der Waals surface area contributed by atoms with Gasteiger partial charge in [-0.3, -0.25) is 0 Å². The Kier molecular flexibility index (Phi) is 2.75. The fourth-order valence-corrected chi connectivity index (χ4v) is 1.85. The SMILES string of the molecule is COc1cc(OC)c(-c2nc3ncccc3[nH]2)cn1. The molecule has 19 heavy (non-hydrogen) atoms. The molecule has 3 aromatic heterocycles. The van der Waals surface area contributed by atoms with Crippen LogP contribution in [0.3, 0.4) is 0 Å². The molecule has 0 aliphatic heterocycles. The van der Waals surface area contributed by atoms with Crippen LogP contribution < -0.4 is 9.47 Å². The van der Waals surface area contributed by atoms with E-state index in [1.807, 2.05) is 12.1 Å². The fourth-order valence-electron chi connectivity index (χ4n) is 1.85. The van der Waals surface area contributed by atoms with E-state index in [0.29, 0.717) is 23.1 Å². The number of nitrogens with one attached hydrogen (secondary N) is 1. The van der Waals surface area contributed by atoms with Crippen LogP contribution in [-0.4, -0.2) is 34.2 Å². The van der Waals surface area contributed by atoms with Crippen LogP contribution in [0.2, 0.25) is 0 Å². The average molecular weight is 256 g/mol. The van der Waals surface area contributed by atoms with Crippen LogP contribution >= 0.6 is 0 Å². The number of H-pyrrole nitrogens is 1. The molecule has 0 saturated heterocycles. The number of aromatic amines is 1. The zero-order chi connectivity index (χ0) is 13.2. The zero-order valence-electron chi connectivity index (χ0n) is 10.5. The minimum atomic E-state index is 0.495. The van der Waals surface area contributed by atoms with Crippen LogP contribution in [0.15, 0.2) is 30.6 Å². The zero-order valence-corrected chi connectivity index (χ0v) is 10.5. The molecule has 6 nitrogen and oxygen atoms in total. The van der Waals surface area contributed by atoms with E-state index in [0.717, 1.165) is 11.1 Å². The number of ether oxygens (including phenoxy) is 2. The third-order valence-corrected chi connectivity index (χ3v) is 2.78. The lowest BCUT2D eigenvalue weighted by atomic mass is 10.2. The van der Waals surface area contributed by atoms with E-state index in [1.165, 1.54) is 0 Å². The highest BCUT2D eigenvalue weighted by molar-refractivity contribution is 5.77. The summed E-state index contributed by atoms with van der Waals surface area (Å²) in [5.74, 6) is 1.81. The smallest absolute Gasteiger partial charge is 0.216 e. The molecule has 0 aliphatic carbocycles. The Morgan fingerprint density at radius 2 is 2.05 bits per heavy atom. The largest absolute Gasteiger partial charge is 0.496 e. The Morgan fingerprint density at radius 1 is 1.16 bits per heavy atom. The third-order valence-electron chi connectivity index (χ3n) is 2.78. The lowest BCUT2D eigenvalue weighted by Crippen LogP contribution is -1.94. The molecule has 3 rings (SSSR count). The van der Waals surface area contributed by atoms with Crippen molar-refractivity contribution in [3.8, 4) is 23.0 Å². The van der Waals surface area contributed by atoms with E-state index in [1.54, 1.807) is 32.7 Å². The van der Waals surface area contributed by atoms with Crippen molar-refractivity contribution in [1.29, 1.82) is 0 Å². The van der Waals surface area contributed by atoms with E-state index in [2.05, 4.69) is 19.9 Å². The molecule has 0 bridgehead atoms. The molecule has 96 valence electrons. The molecule has 0 spiro atoms. The van der Waals surface area contributed by atoms with Crippen LogP contribution in [0.25, 0.3) is 22.6 Å². The van der Waals surface area contributed by atoms with Gasteiger partial charge in [-0.1, -0.05) is 0 Å². The third kappa shape index (κ3) is 1.97. The molecule has 0 aliphatic rings. The average Bonchev–Trinajstić information content (AvgIpc) is 2.90. The first-order valence-electron chi connectivity index (χ1n) is 5.71. The number of fused-ring (bicyclic) bond motifs is 1. The molecule has 1 N–H and O–H groups in total. The first-order chi connectivity index (χ1) is 9.31. The maximum absolute atomic E-state index is 5.34. The second-order valence-electron chi connectivity index (χ2n) is 3.89. The van der Waals surface area contributed by atoms with Gasteiger partial charge in [-0.05, 0) is 12.1 Å². The van der Waals surface area contributed by atoms with E-state index in [-0.39, 0.29) is 0 Å². The van der Waals surface area contributed by atoms with Crippen molar-refractivity contribution in [3.05, 3.63) is 30.6 Å². The highest BCUT2D eigenvalue weighted by Crippen LogP contribution is 2.30. The lowest BCUT2D eigenvalue weighted by Gasteiger charge is -2.07. The van der Waals surface area contributed by atoms with Gasteiger partial charge in [-0.2, -0.15) is 0 Å². The maximum Gasteiger partial charge on any atom is 0.216 e. The second-order valence-corrected chi connectivity index (χ2v) is 3.89. The molecule has 3 aromatic rings. The number of nitrogens with zero attached hydrogens (tertiary/aromatic N) is 3. The van der Waals surface area contributed by atoms with Crippen molar-refractivity contribution < 1.29 is 9.47 Å². The summed E-state index contributed by atoms with van der Waals surface area (Å²) >= 11 is 0. The Labute approximate surface area is 109 Å². The predicted octanol–water partition coefficient (Wildman–Crippen LogP) is 2.04. The van der Waals surface area contributed by atoms with Crippen molar-refractivity contribution in [3.63, 3.8) is 0 Å². The summed E-state index contributed by atoms with van der Waals surface area (Å²) in [6.07, 6.45) is 3.37. The van der Waals surface area contributed by atoms with E-state index < -0.39 is 0 Å². The molecule has 6 heteroatoms. The van der Waals surface area contributed by atoms with Gasteiger partial charge in [0.15, 0.2) is 5.65 Å². The lowest BCUT2D eigenvalue weighted by molar-refractivity contribution is 0.383. The van der Waals surface area contributed by atoms with E-state index in [4.69, 9.17) is 9.47 Å². The molecule has 0 atom stereocenters. The molecular weight excluding hydrogens is 244 g/mol. The van der Waals surface area contributed by atoms with Crippen molar-refractivity contribution in [2.24, 2.45) is 0 Å². The predicted molar refractivity (Wildman–Crippen MR) is 70.2 cm³/mol. The normalized spacial score (nSPS) is 10.6. The molecule has 0 radical (unpaired) electrons. The molecule has 3 heterocycles. The first kappa shape index (κ1) is 11.5. The first-order valence-corrected chi connectivity index (χ1v) is 5.71. The Morgan fingerprint density at radius 3 is 2.79 bits per heavy atom. The summed E-state index contributed by atoms with van der Waals surface area (Å²) in [7, 11) is 3.16. The topological polar surface area (TPSA) is 72.9 Å². The summed E-state index contributed by atoms with van der Waals surface area (Å²) in [5.41, 5.74) is 2.30. The number of rotatable bonds is 3. The van der Waals surface area contributed by atoms with E-state index in [9.17, 15) is 0 Å². The number of imidazole rings is 1. The Hall–Kier alpha value is -2.63. The molecule has 0 amide bonds. The molecule has 0 aromatic carbocycles. The van der Waals surface area contributed by atoms with Crippen LogP contribution in [0.5, 0.6) is 11.6 Å². The van der Waals surface area contributed by atoms with Gasteiger partial charge in [0.1, 0.15) is 11.6 Å². The number of hydrogen-bond acceptors (Lipinski definition) is 5. The fraction of sp³-hybridized carbons (Fsp3) is 0.154. The number of pyridine rings is 2. The summed E-state index contributed by atoms with van der Waals surface area (Å²) in [4.78, 5) is 16.0. The van der Waals surface area contributed by atoms with Gasteiger partial charge in [-0.25, -0.2) is 15.0 Å². The number of aromatic nitrogens is 4. The number of methoxy groups -OCH3 is 2. The minimum absolute atomic E-state index is 0.495. The van der Waals surface area contributed by atoms with Crippen LogP contribution in [-0.2, 0) is 0 Å². The second kappa shape index (κ2) is 4.56. The van der Waals surface area contributed by atoms with Gasteiger partial charge in [0.2, 0.25) is 5.88 Å². The van der Waals surface area contributed by atoms with Crippen molar-refractivity contribution in [1.82, 2.24) is 19.9 Å². The van der Waals surface area contributed by atoms with Crippen molar-refractivity contribution in [2.45, 2.75) is 0 Å². The van der Waals surface area contributed by atoms with Crippen LogP contribution in [0, 0.1) is 0 Å². The summed E-state index contributed by atoms with van der Waals surface area (Å²) in [6, 6.07) is 5.49. The highest BCUT2D eigenvalue weighted by atomic mass is 16.5. The van der Waals surface area contributed by atoms with Gasteiger partial charge in [0.25, 0.3) is 0 Å². The quantitative estimate of drug-likeness (QED) is 0.776. The Bertz CT molecular complexity index is 690. The molecule has 0 unspecified atom stereocenters. The van der Waals surface area contributed by atoms with Gasteiger partial charge in [-0.15, -0.1) is 0 Å². The van der Waals surface area contributed by atoms with Gasteiger partial charge in [0.05, 0.1) is 25.3 Å². The van der Waals surface area contributed by atoms with Crippen molar-refractivity contribution >= 4 is 11.2 Å². The van der Waals surface area contributed by atoms with E-state index >= 15 is 0 Å². The summed E-state index contributed by atoms with van der Waals surface area (Å²) < 4.78 is 10.4. The molecule has 0 fully saturated rings. The molecule has 0 saturated carbocycles. The van der Waals surface area contributed by atoms with Gasteiger partial charge >= 0.3 is 0 Å². The van der Waals surface area contributed by atoms with Crippen LogP contribution in [0.1, 0.15) is 0 Å². The van der Waals surface area contributed by atoms with Gasteiger partial charge in [0, 0.05) is 18.5 Å². The van der Waals surface area contributed by atoms with Crippen LogP contribution in [0.4, 0.5) is 0 Å². The minimum Gasteiger partial charge on any atom is -0.496 e. The summed E-state index contributed by atoms with van der Waals surface area (Å²) in [6.45, 7) is 0. The highest BCUT2D eigenvalue weighted by Gasteiger charge is 2.12. The number of hydrogen-bond donors (Lipinski definition) is 1. The molecular formula is C13H12N4O2. The maximum atomic E-state index is 5.34. The monoisotopic (exact) mass is 256 g/mol. The standard InChI is InChI=1S/C13H12N4O2/c1-18-10-6-11(19-2)15-7-8(10)12-16-9-4-3-5-14-13(9)17-12/h3-7H,1-2H3,(H,14,16,17).